The zero-order valence-corrected chi connectivity index (χ0v) is 9.58. The summed E-state index contributed by atoms with van der Waals surface area (Å²) in [6.07, 6.45) is 0. The molecule has 0 N–H and O–H groups in total. The van der Waals surface area contributed by atoms with Crippen molar-refractivity contribution in [1.82, 2.24) is 15.0 Å². The van der Waals surface area contributed by atoms with Gasteiger partial charge in [0.25, 0.3) is 0 Å². The first-order valence-electron chi connectivity index (χ1n) is 4.20. The number of anilines is 2. The minimum absolute atomic E-state index is 0.296. The summed E-state index contributed by atoms with van der Waals surface area (Å²) in [7, 11) is 7.53. The fourth-order valence-corrected chi connectivity index (χ4v) is 0.975. The number of aromatic nitrogens is 3. The minimum atomic E-state index is 0.296. The molecule has 0 aliphatic rings. The third-order valence-corrected chi connectivity index (χ3v) is 1.82. The maximum atomic E-state index is 5.69. The SMILES string of the molecule is CN(C)c1nc(CCl)nc(N(C)C)n1. The Hall–Kier alpha value is -1.10. The Morgan fingerprint density at radius 3 is 1.64 bits per heavy atom. The van der Waals surface area contributed by atoms with Gasteiger partial charge in [0.15, 0.2) is 5.82 Å². The second kappa shape index (κ2) is 4.41. The van der Waals surface area contributed by atoms with Gasteiger partial charge >= 0.3 is 0 Å². The predicted molar refractivity (Wildman–Crippen MR) is 58.0 cm³/mol. The molecule has 0 atom stereocenters. The highest BCUT2D eigenvalue weighted by molar-refractivity contribution is 6.16. The summed E-state index contributed by atoms with van der Waals surface area (Å²) in [5.41, 5.74) is 0. The van der Waals surface area contributed by atoms with Gasteiger partial charge < -0.3 is 9.80 Å². The second-order valence-corrected chi connectivity index (χ2v) is 3.54. The summed E-state index contributed by atoms with van der Waals surface area (Å²) in [5, 5.41) is 0. The van der Waals surface area contributed by atoms with Crippen molar-refractivity contribution in [3.63, 3.8) is 0 Å². The number of hydrogen-bond donors (Lipinski definition) is 0. The van der Waals surface area contributed by atoms with E-state index < -0.39 is 0 Å². The van der Waals surface area contributed by atoms with Gasteiger partial charge in [0.05, 0.1) is 5.88 Å². The van der Waals surface area contributed by atoms with Crippen molar-refractivity contribution in [3.05, 3.63) is 5.82 Å². The van der Waals surface area contributed by atoms with Gasteiger partial charge in [-0.1, -0.05) is 0 Å². The van der Waals surface area contributed by atoms with Crippen molar-refractivity contribution >= 4 is 23.5 Å². The zero-order valence-electron chi connectivity index (χ0n) is 8.82. The lowest BCUT2D eigenvalue weighted by Gasteiger charge is -2.15. The van der Waals surface area contributed by atoms with Crippen LogP contribution in [0.3, 0.4) is 0 Å². The van der Waals surface area contributed by atoms with Gasteiger partial charge in [-0.3, -0.25) is 0 Å². The van der Waals surface area contributed by atoms with Crippen LogP contribution in [0.25, 0.3) is 0 Å². The van der Waals surface area contributed by atoms with E-state index in [0.29, 0.717) is 23.6 Å². The van der Waals surface area contributed by atoms with E-state index in [2.05, 4.69) is 15.0 Å². The molecule has 0 aliphatic heterocycles. The second-order valence-electron chi connectivity index (χ2n) is 3.27. The molecular formula is C8H14ClN5. The predicted octanol–water partition coefficient (Wildman–Crippen LogP) is 0.742. The zero-order chi connectivity index (χ0) is 10.7. The van der Waals surface area contributed by atoms with Crippen molar-refractivity contribution in [2.24, 2.45) is 0 Å². The monoisotopic (exact) mass is 215 g/mol. The van der Waals surface area contributed by atoms with E-state index in [1.165, 1.54) is 0 Å². The van der Waals surface area contributed by atoms with Crippen molar-refractivity contribution in [2.45, 2.75) is 5.88 Å². The molecule has 1 rings (SSSR count). The third kappa shape index (κ3) is 2.45. The summed E-state index contributed by atoms with van der Waals surface area (Å²) in [4.78, 5) is 16.3. The Bertz CT molecular complexity index is 286. The highest BCUT2D eigenvalue weighted by Crippen LogP contribution is 2.11. The molecule has 0 bridgehead atoms. The van der Waals surface area contributed by atoms with Gasteiger partial charge in [-0.15, -0.1) is 11.6 Å². The number of rotatable bonds is 3. The standard InChI is InChI=1S/C8H14ClN5/c1-13(2)7-10-6(5-9)11-8(12-7)14(3)4/h5H2,1-4H3. The van der Waals surface area contributed by atoms with Gasteiger partial charge in [0.2, 0.25) is 11.9 Å². The van der Waals surface area contributed by atoms with Crippen LogP contribution in [0.15, 0.2) is 0 Å². The molecule has 0 unspecified atom stereocenters. The van der Waals surface area contributed by atoms with E-state index in [9.17, 15) is 0 Å². The molecule has 0 spiro atoms. The Morgan fingerprint density at radius 2 is 1.36 bits per heavy atom. The molecule has 0 aliphatic carbocycles. The Kier molecular flexibility index (Phi) is 3.46. The Morgan fingerprint density at radius 1 is 0.929 bits per heavy atom. The fraction of sp³-hybridized carbons (Fsp3) is 0.625. The number of hydrogen-bond acceptors (Lipinski definition) is 5. The quantitative estimate of drug-likeness (QED) is 0.697. The molecule has 0 amide bonds. The lowest BCUT2D eigenvalue weighted by Crippen LogP contribution is -2.19. The molecule has 14 heavy (non-hydrogen) atoms. The first-order chi connectivity index (χ1) is 6.54. The maximum Gasteiger partial charge on any atom is 0.229 e. The summed E-state index contributed by atoms with van der Waals surface area (Å²) in [6.45, 7) is 0. The van der Waals surface area contributed by atoms with Crippen LogP contribution in [0.1, 0.15) is 5.82 Å². The molecule has 0 saturated carbocycles. The number of nitrogens with zero attached hydrogens (tertiary/aromatic N) is 5. The van der Waals surface area contributed by atoms with Gasteiger partial charge in [-0.2, -0.15) is 15.0 Å². The summed E-state index contributed by atoms with van der Waals surface area (Å²) < 4.78 is 0. The minimum Gasteiger partial charge on any atom is -0.347 e. The van der Waals surface area contributed by atoms with E-state index in [1.54, 1.807) is 0 Å². The van der Waals surface area contributed by atoms with Crippen LogP contribution >= 0.6 is 11.6 Å². The van der Waals surface area contributed by atoms with Crippen molar-refractivity contribution in [1.29, 1.82) is 0 Å². The highest BCUT2D eigenvalue weighted by Gasteiger charge is 2.08. The molecule has 0 radical (unpaired) electrons. The van der Waals surface area contributed by atoms with Crippen LogP contribution in [0.2, 0.25) is 0 Å². The first-order valence-corrected chi connectivity index (χ1v) is 4.73. The summed E-state index contributed by atoms with van der Waals surface area (Å²) in [5.74, 6) is 2.14. The molecule has 0 fully saturated rings. The van der Waals surface area contributed by atoms with Crippen LogP contribution in [0, 0.1) is 0 Å². The number of halogens is 1. The molecule has 1 aromatic heterocycles. The largest absolute Gasteiger partial charge is 0.347 e. The van der Waals surface area contributed by atoms with Crippen molar-refractivity contribution < 1.29 is 0 Å². The van der Waals surface area contributed by atoms with Crippen LogP contribution in [-0.2, 0) is 5.88 Å². The van der Waals surface area contributed by atoms with Crippen molar-refractivity contribution in [3.8, 4) is 0 Å². The van der Waals surface area contributed by atoms with E-state index in [0.717, 1.165) is 0 Å². The van der Waals surface area contributed by atoms with Gasteiger partial charge in [0, 0.05) is 28.2 Å². The van der Waals surface area contributed by atoms with Gasteiger partial charge in [-0.05, 0) is 0 Å². The molecular weight excluding hydrogens is 202 g/mol. The maximum absolute atomic E-state index is 5.69. The fourth-order valence-electron chi connectivity index (χ4n) is 0.855. The van der Waals surface area contributed by atoms with E-state index in [1.807, 2.05) is 38.0 Å². The van der Waals surface area contributed by atoms with Gasteiger partial charge in [0.1, 0.15) is 0 Å². The topological polar surface area (TPSA) is 45.2 Å². The molecule has 0 saturated heterocycles. The van der Waals surface area contributed by atoms with Crippen LogP contribution in [-0.4, -0.2) is 43.1 Å². The van der Waals surface area contributed by atoms with Gasteiger partial charge in [-0.25, -0.2) is 0 Å². The average molecular weight is 216 g/mol. The molecule has 6 heteroatoms. The smallest absolute Gasteiger partial charge is 0.229 e. The van der Waals surface area contributed by atoms with Crippen LogP contribution in [0.4, 0.5) is 11.9 Å². The molecule has 1 aromatic rings. The van der Waals surface area contributed by atoms with E-state index in [4.69, 9.17) is 11.6 Å². The van der Waals surface area contributed by atoms with Crippen molar-refractivity contribution in [2.75, 3.05) is 38.0 Å². The van der Waals surface area contributed by atoms with E-state index in [-0.39, 0.29) is 0 Å². The molecule has 78 valence electrons. The van der Waals surface area contributed by atoms with Crippen LogP contribution in [0.5, 0.6) is 0 Å². The third-order valence-electron chi connectivity index (χ3n) is 1.58. The normalized spacial score (nSPS) is 10.1. The molecule has 0 aromatic carbocycles. The van der Waals surface area contributed by atoms with E-state index >= 15 is 0 Å². The average Bonchev–Trinajstić information content (AvgIpc) is 2.16. The number of alkyl halides is 1. The molecule has 5 nitrogen and oxygen atoms in total. The lowest BCUT2D eigenvalue weighted by molar-refractivity contribution is 0.876. The first kappa shape index (κ1) is 11.0. The summed E-state index contributed by atoms with van der Waals surface area (Å²) >= 11 is 5.69. The Labute approximate surface area is 88.7 Å². The Balaban J connectivity index is 3.13. The summed E-state index contributed by atoms with van der Waals surface area (Å²) in [6, 6.07) is 0. The lowest BCUT2D eigenvalue weighted by atomic mass is 10.6. The van der Waals surface area contributed by atoms with Crippen LogP contribution < -0.4 is 9.80 Å². The molecule has 1 heterocycles. The highest BCUT2D eigenvalue weighted by atomic mass is 35.5.